The smallest absolute Gasteiger partial charge is 0.160 e. The van der Waals surface area contributed by atoms with Gasteiger partial charge in [-0.2, -0.15) is 0 Å². The molecule has 0 bridgehead atoms. The number of hydrogen-bond acceptors (Lipinski definition) is 1. The SMILES string of the molecule is CCc1cc2c(cc1C(C)=O)C(C(C)C)C(C)C2(C)C. The summed E-state index contributed by atoms with van der Waals surface area (Å²) in [5, 5.41) is 0. The van der Waals surface area contributed by atoms with Crippen molar-refractivity contribution in [3.63, 3.8) is 0 Å². The second kappa shape index (κ2) is 5.02. The van der Waals surface area contributed by atoms with Crippen LogP contribution in [0.3, 0.4) is 0 Å². The minimum absolute atomic E-state index is 0.198. The van der Waals surface area contributed by atoms with E-state index in [1.807, 2.05) is 0 Å². The zero-order valence-corrected chi connectivity index (χ0v) is 14.0. The Labute approximate surface area is 123 Å². The Hall–Kier alpha value is -1.11. The van der Waals surface area contributed by atoms with Gasteiger partial charge in [0.25, 0.3) is 0 Å². The molecule has 2 atom stereocenters. The van der Waals surface area contributed by atoms with Crippen molar-refractivity contribution in [2.45, 2.75) is 66.2 Å². The van der Waals surface area contributed by atoms with Crippen LogP contribution in [0, 0.1) is 11.8 Å². The van der Waals surface area contributed by atoms with Crippen LogP contribution in [0.1, 0.15) is 81.4 Å². The Morgan fingerprint density at radius 2 is 1.90 bits per heavy atom. The molecule has 1 heteroatoms. The summed E-state index contributed by atoms with van der Waals surface area (Å²) in [5.41, 5.74) is 5.22. The summed E-state index contributed by atoms with van der Waals surface area (Å²) >= 11 is 0. The van der Waals surface area contributed by atoms with Crippen LogP contribution in [0.5, 0.6) is 0 Å². The van der Waals surface area contributed by atoms with E-state index in [0.717, 1.165) is 12.0 Å². The molecule has 2 rings (SSSR count). The van der Waals surface area contributed by atoms with Gasteiger partial charge in [-0.25, -0.2) is 0 Å². The molecule has 2 unspecified atom stereocenters. The fourth-order valence-electron chi connectivity index (χ4n) is 4.02. The van der Waals surface area contributed by atoms with Gasteiger partial charge < -0.3 is 0 Å². The van der Waals surface area contributed by atoms with Crippen molar-refractivity contribution in [2.75, 3.05) is 0 Å². The number of benzene rings is 1. The molecule has 20 heavy (non-hydrogen) atoms. The Kier molecular flexibility index (Phi) is 3.83. The minimum atomic E-state index is 0.198. The van der Waals surface area contributed by atoms with Gasteiger partial charge in [0.1, 0.15) is 0 Å². The highest BCUT2D eigenvalue weighted by atomic mass is 16.1. The first-order valence-electron chi connectivity index (χ1n) is 7.90. The van der Waals surface area contributed by atoms with Crippen molar-refractivity contribution in [1.29, 1.82) is 0 Å². The number of aryl methyl sites for hydroxylation is 1. The molecule has 0 aliphatic heterocycles. The lowest BCUT2D eigenvalue weighted by Gasteiger charge is -2.30. The molecule has 1 aromatic carbocycles. The van der Waals surface area contributed by atoms with E-state index in [1.165, 1.54) is 16.7 Å². The van der Waals surface area contributed by atoms with Gasteiger partial charge in [-0.15, -0.1) is 0 Å². The van der Waals surface area contributed by atoms with Crippen molar-refractivity contribution in [3.05, 3.63) is 34.4 Å². The van der Waals surface area contributed by atoms with Crippen LogP contribution in [0.15, 0.2) is 12.1 Å². The number of rotatable bonds is 3. The third-order valence-electron chi connectivity index (χ3n) is 5.48. The zero-order valence-electron chi connectivity index (χ0n) is 14.0. The molecule has 0 spiro atoms. The predicted molar refractivity (Wildman–Crippen MR) is 85.6 cm³/mol. The Balaban J connectivity index is 2.71. The summed E-state index contributed by atoms with van der Waals surface area (Å²) < 4.78 is 0. The number of carbonyl (C=O) groups is 1. The molecular formula is C19H28O. The maximum atomic E-state index is 11.9. The first kappa shape index (κ1) is 15.3. The molecule has 0 saturated carbocycles. The highest BCUT2D eigenvalue weighted by molar-refractivity contribution is 5.96. The average molecular weight is 272 g/mol. The summed E-state index contributed by atoms with van der Waals surface area (Å²) in [7, 11) is 0. The Bertz CT molecular complexity index is 537. The standard InChI is InChI=1S/C19H28O/c1-8-14-9-17-16(10-15(14)13(5)20)18(11(2)3)12(4)19(17,6)7/h9-12,18H,8H2,1-7H3. The van der Waals surface area contributed by atoms with E-state index in [9.17, 15) is 4.79 Å². The summed E-state index contributed by atoms with van der Waals surface area (Å²) in [4.78, 5) is 11.9. The lowest BCUT2D eigenvalue weighted by molar-refractivity contribution is 0.101. The fourth-order valence-corrected chi connectivity index (χ4v) is 4.02. The molecule has 1 nitrogen and oxygen atoms in total. The van der Waals surface area contributed by atoms with Gasteiger partial charge in [0.05, 0.1) is 0 Å². The monoisotopic (exact) mass is 272 g/mol. The van der Waals surface area contributed by atoms with Crippen LogP contribution in [0.25, 0.3) is 0 Å². The van der Waals surface area contributed by atoms with E-state index in [0.29, 0.717) is 17.8 Å². The lowest BCUT2D eigenvalue weighted by atomic mass is 9.74. The van der Waals surface area contributed by atoms with Crippen LogP contribution in [0.4, 0.5) is 0 Å². The quantitative estimate of drug-likeness (QED) is 0.698. The maximum absolute atomic E-state index is 11.9. The van der Waals surface area contributed by atoms with Crippen molar-refractivity contribution >= 4 is 5.78 Å². The van der Waals surface area contributed by atoms with E-state index in [2.05, 4.69) is 53.7 Å². The van der Waals surface area contributed by atoms with E-state index in [-0.39, 0.29) is 11.2 Å². The van der Waals surface area contributed by atoms with E-state index in [1.54, 1.807) is 6.92 Å². The Morgan fingerprint density at radius 3 is 2.35 bits per heavy atom. The third-order valence-corrected chi connectivity index (χ3v) is 5.48. The van der Waals surface area contributed by atoms with Gasteiger partial charge >= 0.3 is 0 Å². The molecule has 0 aromatic heterocycles. The normalized spacial score (nSPS) is 24.0. The molecule has 1 aliphatic carbocycles. The summed E-state index contributed by atoms with van der Waals surface area (Å²) in [6.45, 7) is 15.5. The largest absolute Gasteiger partial charge is 0.295 e. The minimum Gasteiger partial charge on any atom is -0.295 e. The lowest BCUT2D eigenvalue weighted by Crippen LogP contribution is -2.25. The first-order valence-corrected chi connectivity index (χ1v) is 7.90. The van der Waals surface area contributed by atoms with Gasteiger partial charge in [0.2, 0.25) is 0 Å². The number of carbonyl (C=O) groups excluding carboxylic acids is 1. The van der Waals surface area contributed by atoms with Crippen molar-refractivity contribution in [3.8, 4) is 0 Å². The number of ketones is 1. The molecule has 0 saturated heterocycles. The van der Waals surface area contributed by atoms with Gasteiger partial charge in [0, 0.05) is 5.56 Å². The van der Waals surface area contributed by atoms with Crippen LogP contribution in [0.2, 0.25) is 0 Å². The molecule has 0 amide bonds. The van der Waals surface area contributed by atoms with Crippen molar-refractivity contribution in [2.24, 2.45) is 11.8 Å². The summed E-state index contributed by atoms with van der Waals surface area (Å²) in [5.74, 6) is 1.98. The highest BCUT2D eigenvalue weighted by Gasteiger charge is 2.45. The van der Waals surface area contributed by atoms with E-state index < -0.39 is 0 Å². The van der Waals surface area contributed by atoms with Gasteiger partial charge in [-0.3, -0.25) is 4.79 Å². The van der Waals surface area contributed by atoms with Gasteiger partial charge in [-0.1, -0.05) is 47.6 Å². The fraction of sp³-hybridized carbons (Fsp3) is 0.632. The third kappa shape index (κ3) is 2.12. The number of hydrogen-bond donors (Lipinski definition) is 0. The molecule has 110 valence electrons. The molecule has 0 fully saturated rings. The van der Waals surface area contributed by atoms with E-state index >= 15 is 0 Å². The maximum Gasteiger partial charge on any atom is 0.160 e. The number of fused-ring (bicyclic) bond motifs is 1. The molecule has 0 heterocycles. The van der Waals surface area contributed by atoms with Crippen molar-refractivity contribution in [1.82, 2.24) is 0 Å². The van der Waals surface area contributed by atoms with Crippen LogP contribution in [-0.4, -0.2) is 5.78 Å². The molecule has 1 aromatic rings. The predicted octanol–water partition coefficient (Wildman–Crippen LogP) is 5.12. The van der Waals surface area contributed by atoms with E-state index in [4.69, 9.17) is 0 Å². The average Bonchev–Trinajstić information content (AvgIpc) is 2.56. The summed E-state index contributed by atoms with van der Waals surface area (Å²) in [6.07, 6.45) is 0.930. The first-order chi connectivity index (χ1) is 9.21. The molecule has 1 aliphatic rings. The Morgan fingerprint density at radius 1 is 1.30 bits per heavy atom. The highest BCUT2D eigenvalue weighted by Crippen LogP contribution is 2.53. The van der Waals surface area contributed by atoms with Gasteiger partial charge in [0.15, 0.2) is 5.78 Å². The molecule has 0 radical (unpaired) electrons. The molecule has 0 N–H and O–H groups in total. The van der Waals surface area contributed by atoms with Crippen LogP contribution >= 0.6 is 0 Å². The topological polar surface area (TPSA) is 17.1 Å². The zero-order chi connectivity index (χ0) is 15.2. The second-order valence-corrected chi connectivity index (χ2v) is 7.29. The number of Topliss-reactive ketones (excluding diaryl/α,β-unsaturated/α-hetero) is 1. The van der Waals surface area contributed by atoms with Crippen LogP contribution < -0.4 is 0 Å². The van der Waals surface area contributed by atoms with Gasteiger partial charge in [-0.05, 0) is 59.3 Å². The van der Waals surface area contributed by atoms with Crippen LogP contribution in [-0.2, 0) is 11.8 Å². The molecular weight excluding hydrogens is 244 g/mol. The summed E-state index contributed by atoms with van der Waals surface area (Å²) in [6, 6.07) is 4.51. The second-order valence-electron chi connectivity index (χ2n) is 7.29. The van der Waals surface area contributed by atoms with Crippen molar-refractivity contribution < 1.29 is 4.79 Å².